The quantitative estimate of drug-likeness (QED) is 0.0235. The van der Waals surface area contributed by atoms with Crippen molar-refractivity contribution < 1.29 is 73.8 Å². The van der Waals surface area contributed by atoms with Gasteiger partial charge in [-0.3, -0.25) is 9.59 Å². The molecule has 2 aliphatic heterocycles. The highest BCUT2D eigenvalue weighted by Gasteiger charge is 2.47. The number of allylic oxidation sites excluding steroid dienone is 8. The van der Waals surface area contributed by atoms with E-state index in [0.717, 1.165) is 57.8 Å². The molecule has 2 fully saturated rings. The van der Waals surface area contributed by atoms with Crippen LogP contribution in [-0.2, 0) is 38.0 Å². The predicted octanol–water partition coefficient (Wildman–Crippen LogP) is 5.54. The molecule has 2 rings (SSSR count). The Hall–Kier alpha value is -2.54. The summed E-state index contributed by atoms with van der Waals surface area (Å²) in [6, 6.07) is 0. The average molecular weight is 899 g/mol. The third-order valence-corrected chi connectivity index (χ3v) is 11.1. The van der Waals surface area contributed by atoms with E-state index in [4.69, 9.17) is 28.4 Å². The summed E-state index contributed by atoms with van der Waals surface area (Å²) >= 11 is 0. The molecule has 11 atom stereocenters. The molecule has 15 nitrogen and oxygen atoms in total. The minimum absolute atomic E-state index is 0.157. The molecule has 0 amide bonds. The fourth-order valence-electron chi connectivity index (χ4n) is 7.15. The van der Waals surface area contributed by atoms with Gasteiger partial charge >= 0.3 is 11.9 Å². The molecule has 364 valence electrons. The van der Waals surface area contributed by atoms with Crippen LogP contribution >= 0.6 is 0 Å². The van der Waals surface area contributed by atoms with Crippen molar-refractivity contribution >= 4 is 11.9 Å². The van der Waals surface area contributed by atoms with E-state index < -0.39 is 99.3 Å². The summed E-state index contributed by atoms with van der Waals surface area (Å²) in [5, 5.41) is 71.9. The van der Waals surface area contributed by atoms with Gasteiger partial charge in [0.2, 0.25) is 0 Å². The molecule has 0 radical (unpaired) electrons. The maximum atomic E-state index is 12.9. The zero-order valence-electron chi connectivity index (χ0n) is 38.0. The van der Waals surface area contributed by atoms with Crippen LogP contribution in [0.4, 0.5) is 0 Å². The van der Waals surface area contributed by atoms with Gasteiger partial charge in [-0.15, -0.1) is 0 Å². The Kier molecular flexibility index (Phi) is 32.1. The molecule has 0 saturated carbocycles. The standard InChI is InChI=1S/C48H82O15/c1-3-5-7-9-11-13-15-17-18-19-21-22-24-26-28-30-39(50)58-33-36(61-40(51)31-29-27-25-23-20-16-14-12-10-8-6-4-2)34-59-47-46(57)44(55)42(53)38(63-47)35-60-48-45(56)43(54)41(52)37(32-49)62-48/h5,7,11,13,17-18,21-22,36-38,41-49,52-57H,3-4,6,8-10,12,14-16,19-20,23-35H2,1-2H3/b7-5+,13-11+,18-17+,22-21+/t36-,37-,38-,41+,42+,43?,44?,45?,46?,47-,48-/m1/s1. The lowest BCUT2D eigenvalue weighted by Gasteiger charge is -2.42. The SMILES string of the molecule is CC/C=C/C/C=C/C/C=C/C/C=C/CCCCC(=O)OC[C@H](CO[C@@H]1O[C@H](CO[C@@H]2O[C@H](CO)[C@H](O)C(O)C2O)[C@H](O)C(O)C1O)OC(=O)CCCCCCCCCCCCCC. The van der Waals surface area contributed by atoms with E-state index in [1.165, 1.54) is 51.4 Å². The van der Waals surface area contributed by atoms with Crippen molar-refractivity contribution in [1.82, 2.24) is 0 Å². The van der Waals surface area contributed by atoms with Gasteiger partial charge < -0.3 is 64.2 Å². The molecule has 0 aromatic heterocycles. The summed E-state index contributed by atoms with van der Waals surface area (Å²) in [7, 11) is 0. The highest BCUT2D eigenvalue weighted by Crippen LogP contribution is 2.26. The highest BCUT2D eigenvalue weighted by molar-refractivity contribution is 5.70. The number of rotatable bonds is 35. The second-order valence-corrected chi connectivity index (χ2v) is 16.6. The van der Waals surface area contributed by atoms with Gasteiger partial charge in [0.1, 0.15) is 55.4 Å². The molecule has 0 aromatic carbocycles. The van der Waals surface area contributed by atoms with Crippen LogP contribution in [0.5, 0.6) is 0 Å². The van der Waals surface area contributed by atoms with Crippen LogP contribution in [0.15, 0.2) is 48.6 Å². The number of esters is 2. The molecule has 63 heavy (non-hydrogen) atoms. The van der Waals surface area contributed by atoms with E-state index in [0.29, 0.717) is 12.8 Å². The number of unbranched alkanes of at least 4 members (excludes halogenated alkanes) is 13. The molecule has 0 bridgehead atoms. The Morgan fingerprint density at radius 1 is 0.524 bits per heavy atom. The van der Waals surface area contributed by atoms with E-state index in [2.05, 4.69) is 62.5 Å². The Morgan fingerprint density at radius 3 is 1.57 bits per heavy atom. The van der Waals surface area contributed by atoms with Crippen molar-refractivity contribution in [2.75, 3.05) is 26.4 Å². The Bertz CT molecular complexity index is 1290. The van der Waals surface area contributed by atoms with E-state index in [1.807, 2.05) is 0 Å². The van der Waals surface area contributed by atoms with Gasteiger partial charge in [0, 0.05) is 12.8 Å². The number of carbonyl (C=O) groups is 2. The number of ether oxygens (including phenoxy) is 6. The Balaban J connectivity index is 1.86. The number of aliphatic hydroxyl groups excluding tert-OH is 7. The first-order chi connectivity index (χ1) is 30.5. The second-order valence-electron chi connectivity index (χ2n) is 16.6. The predicted molar refractivity (Wildman–Crippen MR) is 238 cm³/mol. The monoisotopic (exact) mass is 899 g/mol. The van der Waals surface area contributed by atoms with Crippen molar-refractivity contribution in [2.24, 2.45) is 0 Å². The van der Waals surface area contributed by atoms with Gasteiger partial charge in [-0.2, -0.15) is 0 Å². The number of aliphatic hydroxyl groups is 7. The van der Waals surface area contributed by atoms with Crippen LogP contribution < -0.4 is 0 Å². The molecule has 7 N–H and O–H groups in total. The minimum atomic E-state index is -1.77. The highest BCUT2D eigenvalue weighted by atomic mass is 16.7. The summed E-state index contributed by atoms with van der Waals surface area (Å²) in [5.74, 6) is -0.976. The van der Waals surface area contributed by atoms with E-state index in [9.17, 15) is 45.3 Å². The fourth-order valence-corrected chi connectivity index (χ4v) is 7.15. The van der Waals surface area contributed by atoms with E-state index in [1.54, 1.807) is 0 Å². The smallest absolute Gasteiger partial charge is 0.306 e. The molecular weight excluding hydrogens is 817 g/mol. The first-order valence-electron chi connectivity index (χ1n) is 23.7. The van der Waals surface area contributed by atoms with Crippen LogP contribution in [0.3, 0.4) is 0 Å². The lowest BCUT2D eigenvalue weighted by atomic mass is 9.98. The molecule has 0 aromatic rings. The van der Waals surface area contributed by atoms with Crippen molar-refractivity contribution in [3.63, 3.8) is 0 Å². The van der Waals surface area contributed by atoms with Crippen LogP contribution in [0.2, 0.25) is 0 Å². The molecule has 15 heteroatoms. The van der Waals surface area contributed by atoms with Crippen LogP contribution in [0.25, 0.3) is 0 Å². The van der Waals surface area contributed by atoms with Crippen LogP contribution in [0, 0.1) is 0 Å². The van der Waals surface area contributed by atoms with Crippen LogP contribution in [0.1, 0.15) is 149 Å². The van der Waals surface area contributed by atoms with Gasteiger partial charge in [-0.05, 0) is 51.4 Å². The zero-order chi connectivity index (χ0) is 46.1. The summed E-state index contributed by atoms with van der Waals surface area (Å²) in [6.07, 6.45) is 20.1. The number of hydrogen-bond acceptors (Lipinski definition) is 15. The van der Waals surface area contributed by atoms with Gasteiger partial charge in [-0.1, -0.05) is 133 Å². The maximum absolute atomic E-state index is 12.9. The van der Waals surface area contributed by atoms with Crippen LogP contribution in [-0.4, -0.2) is 142 Å². The summed E-state index contributed by atoms with van der Waals surface area (Å²) < 4.78 is 33.4. The topological polar surface area (TPSA) is 231 Å². The van der Waals surface area contributed by atoms with E-state index >= 15 is 0 Å². The Morgan fingerprint density at radius 2 is 1.00 bits per heavy atom. The first-order valence-corrected chi connectivity index (χ1v) is 23.7. The van der Waals surface area contributed by atoms with Crippen molar-refractivity contribution in [1.29, 1.82) is 0 Å². The van der Waals surface area contributed by atoms with Gasteiger partial charge in [0.25, 0.3) is 0 Å². The largest absolute Gasteiger partial charge is 0.462 e. The molecule has 2 aliphatic rings. The first kappa shape index (κ1) is 56.6. The molecule has 0 aliphatic carbocycles. The normalized spacial score (nSPS) is 27.3. The molecule has 2 heterocycles. The summed E-state index contributed by atoms with van der Waals surface area (Å²) in [4.78, 5) is 25.6. The second kappa shape index (κ2) is 35.7. The third kappa shape index (κ3) is 24.5. The summed E-state index contributed by atoms with van der Waals surface area (Å²) in [5.41, 5.74) is 0. The Labute approximate surface area is 376 Å². The molecular formula is C48H82O15. The minimum Gasteiger partial charge on any atom is -0.462 e. The van der Waals surface area contributed by atoms with Crippen molar-refractivity contribution in [3.05, 3.63) is 48.6 Å². The average Bonchev–Trinajstić information content (AvgIpc) is 3.28. The van der Waals surface area contributed by atoms with Gasteiger partial charge in [0.05, 0.1) is 19.8 Å². The van der Waals surface area contributed by atoms with Gasteiger partial charge in [-0.25, -0.2) is 0 Å². The van der Waals surface area contributed by atoms with Crippen molar-refractivity contribution in [3.8, 4) is 0 Å². The number of hydrogen-bond donors (Lipinski definition) is 7. The fraction of sp³-hybridized carbons (Fsp3) is 0.792. The lowest BCUT2D eigenvalue weighted by Crippen LogP contribution is -2.61. The van der Waals surface area contributed by atoms with Gasteiger partial charge in [0.15, 0.2) is 18.7 Å². The summed E-state index contributed by atoms with van der Waals surface area (Å²) in [6.45, 7) is 2.40. The van der Waals surface area contributed by atoms with E-state index in [-0.39, 0.29) is 19.4 Å². The zero-order valence-corrected chi connectivity index (χ0v) is 38.0. The molecule has 2 saturated heterocycles. The van der Waals surface area contributed by atoms with Crippen molar-refractivity contribution in [2.45, 2.75) is 216 Å². The molecule has 4 unspecified atom stereocenters. The lowest BCUT2D eigenvalue weighted by molar-refractivity contribution is -0.332. The number of carbonyl (C=O) groups excluding carboxylic acids is 2. The maximum Gasteiger partial charge on any atom is 0.306 e. The third-order valence-electron chi connectivity index (χ3n) is 11.1. The molecule has 0 spiro atoms.